The summed E-state index contributed by atoms with van der Waals surface area (Å²) in [4.78, 5) is 26.4. The Morgan fingerprint density at radius 1 is 1.17 bits per heavy atom. The maximum Gasteiger partial charge on any atom is 0.293 e. The fourth-order valence-corrected chi connectivity index (χ4v) is 6.02. The highest BCUT2D eigenvalue weighted by Crippen LogP contribution is 2.30. The lowest BCUT2D eigenvalue weighted by molar-refractivity contribution is -0.384. The highest BCUT2D eigenvalue weighted by molar-refractivity contribution is 7.99. The van der Waals surface area contributed by atoms with E-state index in [0.29, 0.717) is 18.6 Å². The average molecular weight is 521 g/mol. The average Bonchev–Trinajstić information content (AvgIpc) is 3.36. The van der Waals surface area contributed by atoms with Crippen molar-refractivity contribution < 1.29 is 18.1 Å². The van der Waals surface area contributed by atoms with E-state index < -0.39 is 20.9 Å². The van der Waals surface area contributed by atoms with E-state index in [2.05, 4.69) is 10.0 Å². The molecule has 0 heterocycles. The third-order valence-electron chi connectivity index (χ3n) is 5.92. The number of hydrogen-bond donors (Lipinski definition) is 2. The van der Waals surface area contributed by atoms with Gasteiger partial charge in [0.2, 0.25) is 5.91 Å². The third kappa shape index (κ3) is 7.94. The van der Waals surface area contributed by atoms with Gasteiger partial charge in [0.25, 0.3) is 15.7 Å². The number of hydrogen-bond acceptors (Lipinski definition) is 8. The number of nitro groups is 1. The number of anilines is 1. The van der Waals surface area contributed by atoms with Crippen molar-refractivity contribution >= 4 is 39.1 Å². The van der Waals surface area contributed by atoms with Gasteiger partial charge in [0.15, 0.2) is 0 Å². The lowest BCUT2D eigenvalue weighted by atomic mass is 10.1. The van der Waals surface area contributed by atoms with Gasteiger partial charge in [-0.3, -0.25) is 14.9 Å². The molecule has 190 valence electrons. The molecule has 0 aliphatic heterocycles. The first kappa shape index (κ1) is 27.0. The van der Waals surface area contributed by atoms with E-state index in [1.807, 2.05) is 49.3 Å². The van der Waals surface area contributed by atoms with Crippen molar-refractivity contribution in [2.75, 3.05) is 31.7 Å². The molecule has 0 spiro atoms. The van der Waals surface area contributed by atoms with Crippen molar-refractivity contribution in [3.63, 3.8) is 0 Å². The van der Waals surface area contributed by atoms with E-state index in [1.165, 1.54) is 12.1 Å². The predicted octanol–water partition coefficient (Wildman–Crippen LogP) is 4.11. The summed E-state index contributed by atoms with van der Waals surface area (Å²) in [6.07, 6.45) is 3.82. The Kier molecular flexibility index (Phi) is 9.53. The van der Waals surface area contributed by atoms with Gasteiger partial charge in [-0.25, -0.2) is 13.1 Å². The fraction of sp³-hybridized carbons (Fsp3) is 0.458. The van der Waals surface area contributed by atoms with Gasteiger partial charge in [-0.15, -0.1) is 11.8 Å². The van der Waals surface area contributed by atoms with Crippen LogP contribution in [-0.2, 0) is 14.8 Å². The van der Waals surface area contributed by atoms with Crippen LogP contribution in [0.25, 0.3) is 0 Å². The largest absolute Gasteiger partial charge is 0.376 e. The number of thioether (sulfide) groups is 1. The molecule has 0 aromatic heterocycles. The van der Waals surface area contributed by atoms with Gasteiger partial charge in [-0.2, -0.15) is 0 Å². The van der Waals surface area contributed by atoms with Crippen LogP contribution in [0, 0.1) is 16.0 Å². The second-order valence-corrected chi connectivity index (χ2v) is 11.7. The van der Waals surface area contributed by atoms with Gasteiger partial charge >= 0.3 is 0 Å². The normalized spacial score (nSPS) is 15.2. The van der Waals surface area contributed by atoms with Crippen LogP contribution in [-0.4, -0.2) is 56.6 Å². The van der Waals surface area contributed by atoms with E-state index in [-0.39, 0.29) is 28.2 Å². The van der Waals surface area contributed by atoms with Gasteiger partial charge in [-0.05, 0) is 64.2 Å². The van der Waals surface area contributed by atoms with E-state index in [1.54, 1.807) is 11.8 Å². The zero-order chi connectivity index (χ0) is 25.4. The number of rotatable bonds is 12. The number of carbonyl (C=O) groups excluding carboxylic acids is 1. The Balaban J connectivity index is 1.78. The first-order valence-electron chi connectivity index (χ1n) is 11.6. The van der Waals surface area contributed by atoms with Crippen LogP contribution in [0.1, 0.15) is 32.1 Å². The third-order valence-corrected chi connectivity index (χ3v) is 8.43. The molecule has 1 aliphatic carbocycles. The SMILES string of the molecule is CN(C)CC[C@H](CSc1ccccc1)Nc1ccc(S(=O)(=O)NC(=O)C2CCCC2)cc1[N+](=O)[O-]. The molecule has 2 N–H and O–H groups in total. The summed E-state index contributed by atoms with van der Waals surface area (Å²) in [5.74, 6) is -0.207. The number of sulfonamides is 1. The lowest BCUT2D eigenvalue weighted by Gasteiger charge is -2.22. The quantitative estimate of drug-likeness (QED) is 0.244. The summed E-state index contributed by atoms with van der Waals surface area (Å²) in [6.45, 7) is 0.778. The van der Waals surface area contributed by atoms with Crippen molar-refractivity contribution in [3.8, 4) is 0 Å². The first-order chi connectivity index (χ1) is 16.7. The highest BCUT2D eigenvalue weighted by Gasteiger charge is 2.29. The lowest BCUT2D eigenvalue weighted by Crippen LogP contribution is -2.34. The molecule has 1 aliphatic rings. The smallest absolute Gasteiger partial charge is 0.293 e. The minimum atomic E-state index is -4.21. The molecule has 1 saturated carbocycles. The summed E-state index contributed by atoms with van der Waals surface area (Å²) in [5.41, 5.74) is -0.103. The number of nitrogens with one attached hydrogen (secondary N) is 2. The van der Waals surface area contributed by atoms with Crippen molar-refractivity contribution in [2.45, 2.75) is 47.9 Å². The van der Waals surface area contributed by atoms with Gasteiger partial charge < -0.3 is 10.2 Å². The van der Waals surface area contributed by atoms with Crippen molar-refractivity contribution in [3.05, 3.63) is 58.6 Å². The number of carbonyl (C=O) groups is 1. The Morgan fingerprint density at radius 3 is 2.49 bits per heavy atom. The molecule has 1 fully saturated rings. The number of benzene rings is 2. The zero-order valence-corrected chi connectivity index (χ0v) is 21.6. The molecular weight excluding hydrogens is 488 g/mol. The summed E-state index contributed by atoms with van der Waals surface area (Å²) in [6, 6.07) is 13.5. The van der Waals surface area contributed by atoms with Crippen LogP contribution in [0.5, 0.6) is 0 Å². The molecule has 3 rings (SSSR count). The Morgan fingerprint density at radius 2 is 1.86 bits per heavy atom. The minimum absolute atomic E-state index is 0.0918. The summed E-state index contributed by atoms with van der Waals surface area (Å²) < 4.78 is 27.6. The molecule has 11 heteroatoms. The molecule has 0 radical (unpaired) electrons. The van der Waals surface area contributed by atoms with Gasteiger partial charge in [0.1, 0.15) is 5.69 Å². The maximum atomic E-state index is 12.8. The van der Waals surface area contributed by atoms with Crippen molar-refractivity contribution in [1.82, 2.24) is 9.62 Å². The predicted molar refractivity (Wildman–Crippen MR) is 138 cm³/mol. The summed E-state index contributed by atoms with van der Waals surface area (Å²) >= 11 is 1.65. The highest BCUT2D eigenvalue weighted by atomic mass is 32.2. The standard InChI is InChI=1S/C24H32N4O5S2/c1-27(2)15-14-19(17-34-20-10-4-3-5-11-20)25-22-13-12-21(16-23(22)28(30)31)35(32,33)26-24(29)18-8-6-7-9-18/h3-5,10-13,16,18-19,25H,6-9,14-15,17H2,1-2H3,(H,26,29)/t19-/m1/s1. The van der Waals surface area contributed by atoms with Gasteiger partial charge in [0.05, 0.1) is 9.82 Å². The van der Waals surface area contributed by atoms with Crippen LogP contribution < -0.4 is 10.0 Å². The molecule has 0 unspecified atom stereocenters. The van der Waals surface area contributed by atoms with E-state index >= 15 is 0 Å². The van der Waals surface area contributed by atoms with Crippen LogP contribution in [0.15, 0.2) is 58.3 Å². The maximum absolute atomic E-state index is 12.8. The molecule has 9 nitrogen and oxygen atoms in total. The Bertz CT molecular complexity index is 1120. The number of nitro benzene ring substituents is 1. The second-order valence-electron chi connectivity index (χ2n) is 8.94. The monoisotopic (exact) mass is 520 g/mol. The molecule has 35 heavy (non-hydrogen) atoms. The fourth-order valence-electron chi connectivity index (χ4n) is 3.96. The van der Waals surface area contributed by atoms with E-state index in [4.69, 9.17) is 0 Å². The number of amides is 1. The topological polar surface area (TPSA) is 122 Å². The molecule has 0 saturated heterocycles. The summed E-state index contributed by atoms with van der Waals surface area (Å²) in [7, 11) is -0.285. The second kappa shape index (κ2) is 12.4. The number of nitrogens with zero attached hydrogens (tertiary/aromatic N) is 2. The van der Waals surface area contributed by atoms with E-state index in [9.17, 15) is 23.3 Å². The molecule has 1 atom stereocenters. The molecule has 0 bridgehead atoms. The summed E-state index contributed by atoms with van der Waals surface area (Å²) in [5, 5.41) is 15.1. The molecule has 2 aromatic rings. The Labute approximate surface area is 210 Å². The van der Waals surface area contributed by atoms with Crippen LogP contribution >= 0.6 is 11.8 Å². The van der Waals surface area contributed by atoms with Crippen molar-refractivity contribution in [1.29, 1.82) is 0 Å². The van der Waals surface area contributed by atoms with Crippen molar-refractivity contribution in [2.24, 2.45) is 5.92 Å². The molecule has 1 amide bonds. The van der Waals surface area contributed by atoms with Crippen LogP contribution in [0.3, 0.4) is 0 Å². The molecule has 2 aromatic carbocycles. The van der Waals surface area contributed by atoms with Crippen LogP contribution in [0.4, 0.5) is 11.4 Å². The zero-order valence-electron chi connectivity index (χ0n) is 20.0. The van der Waals surface area contributed by atoms with Crippen LogP contribution in [0.2, 0.25) is 0 Å². The van der Waals surface area contributed by atoms with Gasteiger partial charge in [-0.1, -0.05) is 31.0 Å². The Hall–Kier alpha value is -2.63. The minimum Gasteiger partial charge on any atom is -0.376 e. The van der Waals surface area contributed by atoms with Gasteiger partial charge in [0, 0.05) is 28.7 Å². The van der Waals surface area contributed by atoms with E-state index in [0.717, 1.165) is 36.8 Å². The molecular formula is C24H32N4O5S2. The first-order valence-corrected chi connectivity index (χ1v) is 14.1.